The standard InChI is InChI=1S/C11H11N3O2/c1-8(9-5-3-2-4-6-9)11-10(14(15)16)7-12-13-11/h2-8H,1H3,(H,12,13). The quantitative estimate of drug-likeness (QED) is 0.634. The molecule has 0 fully saturated rings. The van der Waals surface area contributed by atoms with Gasteiger partial charge in [0.1, 0.15) is 11.9 Å². The van der Waals surface area contributed by atoms with Crippen molar-refractivity contribution in [2.75, 3.05) is 0 Å². The smallest absolute Gasteiger partial charge is 0.275 e. The number of aromatic nitrogens is 2. The maximum Gasteiger partial charge on any atom is 0.310 e. The second kappa shape index (κ2) is 4.14. The Kier molecular flexibility index (Phi) is 2.68. The summed E-state index contributed by atoms with van der Waals surface area (Å²) in [5, 5.41) is 17.2. The molecular weight excluding hydrogens is 206 g/mol. The molecule has 0 spiro atoms. The summed E-state index contributed by atoms with van der Waals surface area (Å²) in [6.07, 6.45) is 1.24. The lowest BCUT2D eigenvalue weighted by atomic mass is 9.97. The van der Waals surface area contributed by atoms with Gasteiger partial charge in [-0.25, -0.2) is 0 Å². The molecule has 1 atom stereocenters. The van der Waals surface area contributed by atoms with E-state index >= 15 is 0 Å². The van der Waals surface area contributed by atoms with Crippen molar-refractivity contribution in [2.45, 2.75) is 12.8 Å². The molecule has 1 unspecified atom stereocenters. The van der Waals surface area contributed by atoms with Gasteiger partial charge >= 0.3 is 5.69 Å². The summed E-state index contributed by atoms with van der Waals surface area (Å²) in [6, 6.07) is 9.62. The van der Waals surface area contributed by atoms with E-state index in [1.54, 1.807) is 0 Å². The van der Waals surface area contributed by atoms with Crippen molar-refractivity contribution < 1.29 is 4.92 Å². The van der Waals surface area contributed by atoms with Crippen LogP contribution in [0.1, 0.15) is 24.1 Å². The van der Waals surface area contributed by atoms with Gasteiger partial charge in [0.25, 0.3) is 0 Å². The SMILES string of the molecule is CC(c1ccccc1)c1[nH]ncc1[N+](=O)[O-]. The van der Waals surface area contributed by atoms with E-state index in [4.69, 9.17) is 0 Å². The molecule has 2 rings (SSSR count). The lowest BCUT2D eigenvalue weighted by Crippen LogP contribution is -2.00. The first-order chi connectivity index (χ1) is 7.70. The van der Waals surface area contributed by atoms with E-state index in [2.05, 4.69) is 10.2 Å². The van der Waals surface area contributed by atoms with Crippen LogP contribution in [-0.4, -0.2) is 15.1 Å². The van der Waals surface area contributed by atoms with Crippen molar-refractivity contribution in [1.29, 1.82) is 0 Å². The van der Waals surface area contributed by atoms with Crippen LogP contribution < -0.4 is 0 Å². The molecule has 82 valence electrons. The van der Waals surface area contributed by atoms with Gasteiger partial charge < -0.3 is 0 Å². The average Bonchev–Trinajstić information content (AvgIpc) is 2.78. The monoisotopic (exact) mass is 217 g/mol. The zero-order valence-electron chi connectivity index (χ0n) is 8.75. The number of hydrogen-bond donors (Lipinski definition) is 1. The molecule has 0 amide bonds. The second-order valence-electron chi connectivity index (χ2n) is 3.56. The number of aromatic amines is 1. The van der Waals surface area contributed by atoms with Gasteiger partial charge in [0.05, 0.1) is 4.92 Å². The Balaban J connectivity index is 2.38. The molecule has 0 aliphatic heterocycles. The van der Waals surface area contributed by atoms with E-state index < -0.39 is 4.92 Å². The highest BCUT2D eigenvalue weighted by Gasteiger charge is 2.22. The lowest BCUT2D eigenvalue weighted by molar-refractivity contribution is -0.385. The topological polar surface area (TPSA) is 71.8 Å². The molecule has 0 bridgehead atoms. The second-order valence-corrected chi connectivity index (χ2v) is 3.56. The van der Waals surface area contributed by atoms with Gasteiger partial charge in [-0.15, -0.1) is 0 Å². The van der Waals surface area contributed by atoms with Gasteiger partial charge in [-0.1, -0.05) is 37.3 Å². The molecule has 1 aromatic carbocycles. The van der Waals surface area contributed by atoms with Crippen molar-refractivity contribution in [2.24, 2.45) is 0 Å². The minimum absolute atomic E-state index is 0.0383. The van der Waals surface area contributed by atoms with Crippen molar-refractivity contribution in [3.05, 3.63) is 57.9 Å². The highest BCUT2D eigenvalue weighted by atomic mass is 16.6. The van der Waals surface area contributed by atoms with Crippen molar-refractivity contribution >= 4 is 5.69 Å². The van der Waals surface area contributed by atoms with Crippen LogP contribution in [0.15, 0.2) is 36.5 Å². The Morgan fingerprint density at radius 1 is 1.38 bits per heavy atom. The Morgan fingerprint density at radius 3 is 2.69 bits per heavy atom. The third kappa shape index (κ3) is 1.79. The van der Waals surface area contributed by atoms with Crippen LogP contribution in [0.3, 0.4) is 0 Å². The molecule has 0 radical (unpaired) electrons. The number of rotatable bonds is 3. The predicted octanol–water partition coefficient (Wildman–Crippen LogP) is 2.47. The maximum absolute atomic E-state index is 10.8. The first-order valence-electron chi connectivity index (χ1n) is 4.92. The van der Waals surface area contributed by atoms with Crippen LogP contribution in [0.5, 0.6) is 0 Å². The highest BCUT2D eigenvalue weighted by Crippen LogP contribution is 2.28. The van der Waals surface area contributed by atoms with Crippen LogP contribution >= 0.6 is 0 Å². The molecule has 0 saturated carbocycles. The van der Waals surface area contributed by atoms with Gasteiger partial charge in [-0.2, -0.15) is 5.10 Å². The summed E-state index contributed by atoms with van der Waals surface area (Å²) in [4.78, 5) is 10.3. The molecule has 5 heteroatoms. The van der Waals surface area contributed by atoms with Gasteiger partial charge in [0, 0.05) is 5.92 Å². The summed E-state index contributed by atoms with van der Waals surface area (Å²) in [7, 11) is 0. The first-order valence-corrected chi connectivity index (χ1v) is 4.92. The Hall–Kier alpha value is -2.17. The largest absolute Gasteiger partial charge is 0.310 e. The summed E-state index contributed by atoms with van der Waals surface area (Å²) in [5.41, 5.74) is 1.60. The molecule has 1 N–H and O–H groups in total. The van der Waals surface area contributed by atoms with Crippen LogP contribution in [0.25, 0.3) is 0 Å². The average molecular weight is 217 g/mol. The Bertz CT molecular complexity index is 493. The van der Waals surface area contributed by atoms with Gasteiger partial charge in [0.2, 0.25) is 0 Å². The van der Waals surface area contributed by atoms with E-state index in [1.807, 2.05) is 37.3 Å². The van der Waals surface area contributed by atoms with E-state index in [0.29, 0.717) is 5.69 Å². The summed E-state index contributed by atoms with van der Waals surface area (Å²) in [6.45, 7) is 1.91. The van der Waals surface area contributed by atoms with Crippen LogP contribution in [0, 0.1) is 10.1 Å². The van der Waals surface area contributed by atoms with E-state index in [1.165, 1.54) is 6.20 Å². The number of hydrogen-bond acceptors (Lipinski definition) is 3. The zero-order chi connectivity index (χ0) is 11.5. The van der Waals surface area contributed by atoms with Gasteiger partial charge in [-0.05, 0) is 5.56 Å². The Morgan fingerprint density at radius 2 is 2.06 bits per heavy atom. The Labute approximate surface area is 92.3 Å². The van der Waals surface area contributed by atoms with E-state index in [0.717, 1.165) is 5.56 Å². The fraction of sp³-hybridized carbons (Fsp3) is 0.182. The van der Waals surface area contributed by atoms with Crippen molar-refractivity contribution in [1.82, 2.24) is 10.2 Å². The molecule has 0 saturated heterocycles. The summed E-state index contributed by atoms with van der Waals surface area (Å²) >= 11 is 0. The molecule has 2 aromatic rings. The number of nitrogens with zero attached hydrogens (tertiary/aromatic N) is 2. The molecular formula is C11H11N3O2. The van der Waals surface area contributed by atoms with Gasteiger partial charge in [-0.3, -0.25) is 15.2 Å². The predicted molar refractivity (Wildman–Crippen MR) is 59.2 cm³/mol. The molecule has 5 nitrogen and oxygen atoms in total. The van der Waals surface area contributed by atoms with Gasteiger partial charge in [0.15, 0.2) is 0 Å². The normalized spacial score (nSPS) is 12.3. The number of nitro groups is 1. The lowest BCUT2D eigenvalue weighted by Gasteiger charge is -2.08. The molecule has 0 aliphatic carbocycles. The number of benzene rings is 1. The fourth-order valence-electron chi connectivity index (χ4n) is 1.66. The van der Waals surface area contributed by atoms with E-state index in [9.17, 15) is 10.1 Å². The third-order valence-corrected chi connectivity index (χ3v) is 2.58. The third-order valence-electron chi connectivity index (χ3n) is 2.58. The van der Waals surface area contributed by atoms with E-state index in [-0.39, 0.29) is 11.6 Å². The molecule has 0 aliphatic rings. The molecule has 1 heterocycles. The molecule has 1 aromatic heterocycles. The fourth-order valence-corrected chi connectivity index (χ4v) is 1.66. The maximum atomic E-state index is 10.8. The van der Waals surface area contributed by atoms with Crippen LogP contribution in [-0.2, 0) is 0 Å². The number of nitrogens with one attached hydrogen (secondary N) is 1. The first kappa shape index (κ1) is 10.4. The van der Waals surface area contributed by atoms with Crippen molar-refractivity contribution in [3.63, 3.8) is 0 Å². The highest BCUT2D eigenvalue weighted by molar-refractivity contribution is 5.40. The molecule has 16 heavy (non-hydrogen) atoms. The van der Waals surface area contributed by atoms with Crippen molar-refractivity contribution in [3.8, 4) is 0 Å². The number of H-pyrrole nitrogens is 1. The van der Waals surface area contributed by atoms with Crippen LogP contribution in [0.4, 0.5) is 5.69 Å². The summed E-state index contributed by atoms with van der Waals surface area (Å²) in [5.74, 6) is -0.0656. The minimum Gasteiger partial charge on any atom is -0.275 e. The zero-order valence-corrected chi connectivity index (χ0v) is 8.75. The summed E-state index contributed by atoms with van der Waals surface area (Å²) < 4.78 is 0. The minimum atomic E-state index is -0.418. The van der Waals surface area contributed by atoms with Crippen LogP contribution in [0.2, 0.25) is 0 Å².